The number of nitrogens with zero attached hydrogens (tertiary/aromatic N) is 1. The number of unbranched alkanes of at least 4 members (excludes halogenated alkanes) is 1. The second-order valence-corrected chi connectivity index (χ2v) is 6.88. The van der Waals surface area contributed by atoms with E-state index in [9.17, 15) is 0 Å². The third-order valence-electron chi connectivity index (χ3n) is 4.67. The molecule has 1 N–H and O–H groups in total. The van der Waals surface area contributed by atoms with E-state index >= 15 is 0 Å². The Balaban J connectivity index is 1.73. The van der Waals surface area contributed by atoms with Gasteiger partial charge in [0.1, 0.15) is 24.2 Å². The Bertz CT molecular complexity index is 689. The van der Waals surface area contributed by atoms with Crippen molar-refractivity contribution in [1.82, 2.24) is 4.90 Å². The highest BCUT2D eigenvalue weighted by Crippen LogP contribution is 2.27. The van der Waals surface area contributed by atoms with Crippen LogP contribution >= 0.6 is 0 Å². The lowest BCUT2D eigenvalue weighted by molar-refractivity contribution is 0.133. The molecule has 140 valence electrons. The first-order chi connectivity index (χ1) is 12.8. The fourth-order valence-electron chi connectivity index (χ4n) is 3.42. The number of rotatable bonds is 8. The lowest BCUT2D eigenvalue weighted by Crippen LogP contribution is -2.32. The zero-order valence-corrected chi connectivity index (χ0v) is 15.6. The zero-order valence-electron chi connectivity index (χ0n) is 15.6. The number of fused-ring (bicyclic) bond motifs is 1. The highest BCUT2D eigenvalue weighted by atomic mass is 16.5. The van der Waals surface area contributed by atoms with Crippen molar-refractivity contribution in [2.45, 2.75) is 45.4 Å². The van der Waals surface area contributed by atoms with Gasteiger partial charge in [0, 0.05) is 25.2 Å². The molecule has 0 fully saturated rings. The minimum absolute atomic E-state index is 0.0313. The van der Waals surface area contributed by atoms with Crippen LogP contribution in [0.1, 0.15) is 37.3 Å². The molecule has 0 saturated carbocycles. The summed E-state index contributed by atoms with van der Waals surface area (Å²) >= 11 is 0. The Kier molecular flexibility index (Phi) is 6.92. The Morgan fingerprint density at radius 2 is 2.08 bits per heavy atom. The number of para-hydroxylation sites is 1. The predicted octanol–water partition coefficient (Wildman–Crippen LogP) is 4.01. The van der Waals surface area contributed by atoms with Crippen LogP contribution in [0, 0.1) is 0 Å². The quantitative estimate of drug-likeness (QED) is 0.777. The molecule has 1 heterocycles. The van der Waals surface area contributed by atoms with Gasteiger partial charge in [-0.25, -0.2) is 0 Å². The fraction of sp³-hybridized carbons (Fsp3) is 0.455. The van der Waals surface area contributed by atoms with Gasteiger partial charge in [-0.2, -0.15) is 0 Å². The molecular weight excluding hydrogens is 326 g/mol. The maximum atomic E-state index is 8.94. The summed E-state index contributed by atoms with van der Waals surface area (Å²) in [7, 11) is 0. The van der Waals surface area contributed by atoms with Gasteiger partial charge in [-0.3, -0.25) is 4.90 Å². The van der Waals surface area contributed by atoms with E-state index in [1.165, 1.54) is 24.0 Å². The first-order valence-corrected chi connectivity index (χ1v) is 9.58. The predicted molar refractivity (Wildman–Crippen MR) is 104 cm³/mol. The average Bonchev–Trinajstić information content (AvgIpc) is 2.83. The Hall–Kier alpha value is -2.04. The van der Waals surface area contributed by atoms with Gasteiger partial charge in [0.2, 0.25) is 0 Å². The SMILES string of the molecule is CCCCC1CN(Cc2cccc(OCCO)c2)Cc2ccccc2O1. The second-order valence-electron chi connectivity index (χ2n) is 6.88. The van der Waals surface area contributed by atoms with Crippen molar-refractivity contribution in [3.05, 3.63) is 59.7 Å². The van der Waals surface area contributed by atoms with Gasteiger partial charge >= 0.3 is 0 Å². The number of ether oxygens (including phenoxy) is 2. The van der Waals surface area contributed by atoms with Crippen LogP contribution in [0.5, 0.6) is 11.5 Å². The van der Waals surface area contributed by atoms with Gasteiger partial charge in [-0.05, 0) is 36.6 Å². The van der Waals surface area contributed by atoms with Crippen LogP contribution in [0.3, 0.4) is 0 Å². The molecule has 0 aromatic heterocycles. The molecule has 2 aromatic rings. The van der Waals surface area contributed by atoms with Crippen LogP contribution in [0.25, 0.3) is 0 Å². The minimum atomic E-state index is 0.0313. The van der Waals surface area contributed by atoms with Gasteiger partial charge in [-0.15, -0.1) is 0 Å². The van der Waals surface area contributed by atoms with E-state index in [0.717, 1.165) is 37.6 Å². The smallest absolute Gasteiger partial charge is 0.124 e. The largest absolute Gasteiger partial charge is 0.491 e. The highest BCUT2D eigenvalue weighted by Gasteiger charge is 2.22. The van der Waals surface area contributed by atoms with Gasteiger partial charge in [0.05, 0.1) is 6.61 Å². The van der Waals surface area contributed by atoms with Crippen LogP contribution in [0.15, 0.2) is 48.5 Å². The maximum absolute atomic E-state index is 8.94. The third-order valence-corrected chi connectivity index (χ3v) is 4.67. The summed E-state index contributed by atoms with van der Waals surface area (Å²) in [4.78, 5) is 2.46. The summed E-state index contributed by atoms with van der Waals surface area (Å²) in [5, 5.41) is 8.94. The van der Waals surface area contributed by atoms with Gasteiger partial charge in [0.25, 0.3) is 0 Å². The summed E-state index contributed by atoms with van der Waals surface area (Å²) in [5.41, 5.74) is 2.47. The van der Waals surface area contributed by atoms with Crippen molar-refractivity contribution >= 4 is 0 Å². The standard InChI is InChI=1S/C22H29NO3/c1-2-3-9-21-17-23(16-19-8-4-5-11-22(19)26-21)15-18-7-6-10-20(14-18)25-13-12-24/h4-8,10-11,14,21,24H,2-3,9,12-13,15-17H2,1H3. The molecule has 3 rings (SSSR count). The van der Waals surface area contributed by atoms with E-state index in [4.69, 9.17) is 14.6 Å². The van der Waals surface area contributed by atoms with Crippen molar-refractivity contribution in [1.29, 1.82) is 0 Å². The molecule has 26 heavy (non-hydrogen) atoms. The molecule has 0 spiro atoms. The van der Waals surface area contributed by atoms with E-state index in [-0.39, 0.29) is 12.7 Å². The molecule has 0 amide bonds. The third kappa shape index (κ3) is 5.23. The fourth-order valence-corrected chi connectivity index (χ4v) is 3.42. The molecule has 0 radical (unpaired) electrons. The van der Waals surface area contributed by atoms with E-state index < -0.39 is 0 Å². The monoisotopic (exact) mass is 355 g/mol. The molecule has 1 aliphatic heterocycles. The summed E-state index contributed by atoms with van der Waals surface area (Å²) in [6.45, 7) is 5.25. The molecular formula is C22H29NO3. The Labute approximate surface area is 156 Å². The topological polar surface area (TPSA) is 41.9 Å². The normalized spacial score (nSPS) is 17.2. The molecule has 4 heteroatoms. The number of benzene rings is 2. The lowest BCUT2D eigenvalue weighted by atomic mass is 10.1. The van der Waals surface area contributed by atoms with Crippen LogP contribution in [-0.4, -0.2) is 35.9 Å². The number of aliphatic hydroxyl groups excluding tert-OH is 1. The molecule has 1 unspecified atom stereocenters. The molecule has 4 nitrogen and oxygen atoms in total. The number of hydrogen-bond acceptors (Lipinski definition) is 4. The molecule has 0 aliphatic carbocycles. The molecule has 0 bridgehead atoms. The highest BCUT2D eigenvalue weighted by molar-refractivity contribution is 5.34. The zero-order chi connectivity index (χ0) is 18.2. The van der Waals surface area contributed by atoms with Crippen LogP contribution in [-0.2, 0) is 13.1 Å². The second kappa shape index (κ2) is 9.60. The molecule has 2 aromatic carbocycles. The van der Waals surface area contributed by atoms with Crippen LogP contribution in [0.2, 0.25) is 0 Å². The Morgan fingerprint density at radius 3 is 2.92 bits per heavy atom. The minimum Gasteiger partial charge on any atom is -0.491 e. The Morgan fingerprint density at radius 1 is 1.19 bits per heavy atom. The van der Waals surface area contributed by atoms with Crippen LogP contribution < -0.4 is 9.47 Å². The van der Waals surface area contributed by atoms with Gasteiger partial charge in [-0.1, -0.05) is 43.7 Å². The summed E-state index contributed by atoms with van der Waals surface area (Å²) in [6, 6.07) is 16.5. The van der Waals surface area contributed by atoms with Crippen molar-refractivity contribution in [3.8, 4) is 11.5 Å². The summed E-state index contributed by atoms with van der Waals surface area (Å²) < 4.78 is 11.9. The molecule has 1 aliphatic rings. The summed E-state index contributed by atoms with van der Waals surface area (Å²) in [5.74, 6) is 1.83. The van der Waals surface area contributed by atoms with Crippen molar-refractivity contribution < 1.29 is 14.6 Å². The lowest BCUT2D eigenvalue weighted by Gasteiger charge is -2.24. The number of hydrogen-bond donors (Lipinski definition) is 1. The molecule has 0 saturated heterocycles. The van der Waals surface area contributed by atoms with E-state index in [1.54, 1.807) is 0 Å². The first-order valence-electron chi connectivity index (χ1n) is 9.58. The van der Waals surface area contributed by atoms with Crippen molar-refractivity contribution in [3.63, 3.8) is 0 Å². The number of aliphatic hydroxyl groups is 1. The van der Waals surface area contributed by atoms with Gasteiger partial charge < -0.3 is 14.6 Å². The van der Waals surface area contributed by atoms with E-state index in [0.29, 0.717) is 6.61 Å². The van der Waals surface area contributed by atoms with Crippen molar-refractivity contribution in [2.75, 3.05) is 19.8 Å². The van der Waals surface area contributed by atoms with Crippen molar-refractivity contribution in [2.24, 2.45) is 0 Å². The van der Waals surface area contributed by atoms with Gasteiger partial charge in [0.15, 0.2) is 0 Å². The summed E-state index contributed by atoms with van der Waals surface area (Å²) in [6.07, 6.45) is 3.69. The van der Waals surface area contributed by atoms with Crippen LogP contribution in [0.4, 0.5) is 0 Å². The van der Waals surface area contributed by atoms with E-state index in [2.05, 4.69) is 42.2 Å². The molecule has 1 atom stereocenters. The maximum Gasteiger partial charge on any atom is 0.124 e. The first kappa shape index (κ1) is 18.7. The average molecular weight is 355 g/mol. The van der Waals surface area contributed by atoms with E-state index in [1.807, 2.05) is 18.2 Å².